The zero-order chi connectivity index (χ0) is 10.1. The molecule has 1 fully saturated rings. The number of benzene rings is 1. The normalized spacial score (nSPS) is 25.6. The summed E-state index contributed by atoms with van der Waals surface area (Å²) in [6.07, 6.45) is 2.19. The fourth-order valence-corrected chi connectivity index (χ4v) is 2.09. The van der Waals surface area contributed by atoms with Crippen molar-refractivity contribution >= 4 is 0 Å². The first-order chi connectivity index (χ1) is 6.70. The van der Waals surface area contributed by atoms with Crippen LogP contribution in [0.2, 0.25) is 0 Å². The Morgan fingerprint density at radius 2 is 2.07 bits per heavy atom. The third-order valence-corrected chi connectivity index (χ3v) is 3.00. The lowest BCUT2D eigenvalue weighted by molar-refractivity contribution is 0.333. The predicted octanol–water partition coefficient (Wildman–Crippen LogP) is 2.21. The van der Waals surface area contributed by atoms with Crippen LogP contribution < -0.4 is 10.5 Å². The second kappa shape index (κ2) is 3.62. The summed E-state index contributed by atoms with van der Waals surface area (Å²) in [5, 5.41) is 0. The van der Waals surface area contributed by atoms with Gasteiger partial charge in [-0.3, -0.25) is 0 Å². The molecule has 0 radical (unpaired) electrons. The van der Waals surface area contributed by atoms with E-state index in [2.05, 4.69) is 25.1 Å². The van der Waals surface area contributed by atoms with Gasteiger partial charge in [0.2, 0.25) is 0 Å². The Kier molecular flexibility index (Phi) is 2.46. The van der Waals surface area contributed by atoms with E-state index >= 15 is 0 Å². The van der Waals surface area contributed by atoms with Crippen LogP contribution >= 0.6 is 0 Å². The third-order valence-electron chi connectivity index (χ3n) is 3.00. The first-order valence-corrected chi connectivity index (χ1v) is 5.11. The standard InChI is InChI=1S/C12H17NO/c1-8-3-4-12(14-2)11(5-8)9-6-10(13)7-9/h3-5,9-10H,6-7,13H2,1-2H3. The van der Waals surface area contributed by atoms with Gasteiger partial charge in [-0.15, -0.1) is 0 Å². The van der Waals surface area contributed by atoms with Gasteiger partial charge in [0.05, 0.1) is 7.11 Å². The van der Waals surface area contributed by atoms with Crippen LogP contribution in [0.4, 0.5) is 0 Å². The largest absolute Gasteiger partial charge is 0.496 e. The lowest BCUT2D eigenvalue weighted by atomic mass is 9.76. The van der Waals surface area contributed by atoms with E-state index in [4.69, 9.17) is 10.5 Å². The van der Waals surface area contributed by atoms with Crippen molar-refractivity contribution in [2.24, 2.45) is 5.73 Å². The molecule has 0 aromatic heterocycles. The Morgan fingerprint density at radius 1 is 1.36 bits per heavy atom. The molecule has 14 heavy (non-hydrogen) atoms. The number of aryl methyl sites for hydroxylation is 1. The molecule has 0 aliphatic heterocycles. The van der Waals surface area contributed by atoms with Crippen LogP contribution in [0, 0.1) is 6.92 Å². The molecule has 2 N–H and O–H groups in total. The number of methoxy groups -OCH3 is 1. The van der Waals surface area contributed by atoms with Gasteiger partial charge in [-0.2, -0.15) is 0 Å². The summed E-state index contributed by atoms with van der Waals surface area (Å²) in [6.45, 7) is 2.11. The fourth-order valence-electron chi connectivity index (χ4n) is 2.09. The molecule has 0 saturated heterocycles. The van der Waals surface area contributed by atoms with Crippen molar-refractivity contribution < 1.29 is 4.74 Å². The molecule has 1 aliphatic carbocycles. The Balaban J connectivity index is 2.26. The topological polar surface area (TPSA) is 35.2 Å². The van der Waals surface area contributed by atoms with Crippen molar-refractivity contribution in [3.63, 3.8) is 0 Å². The minimum absolute atomic E-state index is 0.394. The van der Waals surface area contributed by atoms with E-state index in [9.17, 15) is 0 Å². The first kappa shape index (κ1) is 9.53. The molecule has 1 aromatic carbocycles. The lowest BCUT2D eigenvalue weighted by Gasteiger charge is -2.33. The molecule has 2 rings (SSSR count). The summed E-state index contributed by atoms with van der Waals surface area (Å²) >= 11 is 0. The molecular weight excluding hydrogens is 174 g/mol. The highest BCUT2D eigenvalue weighted by molar-refractivity contribution is 5.40. The molecule has 76 valence electrons. The van der Waals surface area contributed by atoms with E-state index in [0.29, 0.717) is 12.0 Å². The number of hydrogen-bond acceptors (Lipinski definition) is 2. The van der Waals surface area contributed by atoms with E-state index in [0.717, 1.165) is 18.6 Å². The second-order valence-corrected chi connectivity index (χ2v) is 4.17. The van der Waals surface area contributed by atoms with Crippen LogP contribution in [0.1, 0.15) is 29.9 Å². The minimum Gasteiger partial charge on any atom is -0.496 e. The van der Waals surface area contributed by atoms with Gasteiger partial charge in [-0.05, 0) is 37.3 Å². The van der Waals surface area contributed by atoms with Crippen LogP contribution in [0.3, 0.4) is 0 Å². The van der Waals surface area contributed by atoms with Crippen LogP contribution in [-0.4, -0.2) is 13.2 Å². The van der Waals surface area contributed by atoms with Gasteiger partial charge in [0.25, 0.3) is 0 Å². The van der Waals surface area contributed by atoms with Gasteiger partial charge >= 0.3 is 0 Å². The smallest absolute Gasteiger partial charge is 0.122 e. The van der Waals surface area contributed by atoms with Gasteiger partial charge < -0.3 is 10.5 Å². The van der Waals surface area contributed by atoms with E-state index in [1.165, 1.54) is 11.1 Å². The number of rotatable bonds is 2. The Bertz CT molecular complexity index is 329. The quantitative estimate of drug-likeness (QED) is 0.777. The van der Waals surface area contributed by atoms with Crippen molar-refractivity contribution in [1.82, 2.24) is 0 Å². The zero-order valence-electron chi connectivity index (χ0n) is 8.79. The molecule has 0 heterocycles. The van der Waals surface area contributed by atoms with Crippen molar-refractivity contribution in [2.75, 3.05) is 7.11 Å². The lowest BCUT2D eigenvalue weighted by Crippen LogP contribution is -2.34. The summed E-state index contributed by atoms with van der Waals surface area (Å²) in [4.78, 5) is 0. The molecule has 2 heteroatoms. The number of nitrogens with two attached hydrogens (primary N) is 1. The summed E-state index contributed by atoms with van der Waals surface area (Å²) in [5.41, 5.74) is 8.42. The van der Waals surface area contributed by atoms with Gasteiger partial charge in [-0.25, -0.2) is 0 Å². The first-order valence-electron chi connectivity index (χ1n) is 5.11. The summed E-state index contributed by atoms with van der Waals surface area (Å²) in [7, 11) is 1.73. The predicted molar refractivity (Wildman–Crippen MR) is 57.7 cm³/mol. The highest BCUT2D eigenvalue weighted by atomic mass is 16.5. The minimum atomic E-state index is 0.394. The molecule has 2 nitrogen and oxygen atoms in total. The van der Waals surface area contributed by atoms with Gasteiger partial charge in [0, 0.05) is 6.04 Å². The Labute approximate surface area is 85.1 Å². The Hall–Kier alpha value is -1.02. The average molecular weight is 191 g/mol. The van der Waals surface area contributed by atoms with Gasteiger partial charge in [0.1, 0.15) is 5.75 Å². The van der Waals surface area contributed by atoms with Crippen molar-refractivity contribution in [3.8, 4) is 5.75 Å². The van der Waals surface area contributed by atoms with E-state index in [1.807, 2.05) is 0 Å². The Morgan fingerprint density at radius 3 is 2.64 bits per heavy atom. The fraction of sp³-hybridized carbons (Fsp3) is 0.500. The SMILES string of the molecule is COc1ccc(C)cc1C1CC(N)C1. The summed E-state index contributed by atoms with van der Waals surface area (Å²) in [5.74, 6) is 1.62. The molecule has 1 saturated carbocycles. The zero-order valence-corrected chi connectivity index (χ0v) is 8.79. The van der Waals surface area contributed by atoms with Crippen LogP contribution in [0.15, 0.2) is 18.2 Å². The summed E-state index contributed by atoms with van der Waals surface area (Å²) < 4.78 is 5.35. The van der Waals surface area contributed by atoms with Crippen LogP contribution in [0.25, 0.3) is 0 Å². The van der Waals surface area contributed by atoms with E-state index < -0.39 is 0 Å². The van der Waals surface area contributed by atoms with Gasteiger partial charge in [-0.1, -0.05) is 17.7 Å². The maximum Gasteiger partial charge on any atom is 0.122 e. The molecule has 1 aliphatic rings. The van der Waals surface area contributed by atoms with E-state index in [-0.39, 0.29) is 0 Å². The average Bonchev–Trinajstić information content (AvgIpc) is 2.13. The molecular formula is C12H17NO. The highest BCUT2D eigenvalue weighted by Crippen LogP contribution is 2.40. The molecule has 0 unspecified atom stereocenters. The van der Waals surface area contributed by atoms with Crippen LogP contribution in [0.5, 0.6) is 5.75 Å². The monoisotopic (exact) mass is 191 g/mol. The molecule has 0 spiro atoms. The maximum atomic E-state index is 5.79. The molecule has 0 amide bonds. The molecule has 0 atom stereocenters. The summed E-state index contributed by atoms with van der Waals surface area (Å²) in [6, 6.07) is 6.75. The molecule has 0 bridgehead atoms. The second-order valence-electron chi connectivity index (χ2n) is 4.17. The number of hydrogen-bond donors (Lipinski definition) is 1. The van der Waals surface area contributed by atoms with Crippen molar-refractivity contribution in [1.29, 1.82) is 0 Å². The highest BCUT2D eigenvalue weighted by Gasteiger charge is 2.29. The van der Waals surface area contributed by atoms with E-state index in [1.54, 1.807) is 7.11 Å². The van der Waals surface area contributed by atoms with Crippen LogP contribution in [-0.2, 0) is 0 Å². The third kappa shape index (κ3) is 1.62. The number of ether oxygens (including phenoxy) is 1. The maximum absolute atomic E-state index is 5.79. The molecule has 1 aromatic rings. The van der Waals surface area contributed by atoms with Crippen molar-refractivity contribution in [2.45, 2.75) is 31.7 Å². The van der Waals surface area contributed by atoms with Gasteiger partial charge in [0.15, 0.2) is 0 Å². The van der Waals surface area contributed by atoms with Crippen molar-refractivity contribution in [3.05, 3.63) is 29.3 Å².